The van der Waals surface area contributed by atoms with Crippen LogP contribution in [0.15, 0.2) is 28.5 Å². The molecule has 4 rings (SSSR count). The van der Waals surface area contributed by atoms with Gasteiger partial charge in [-0.2, -0.15) is 0 Å². The summed E-state index contributed by atoms with van der Waals surface area (Å²) >= 11 is 1.46. The lowest BCUT2D eigenvalue weighted by Crippen LogP contribution is -2.42. The third-order valence-electron chi connectivity index (χ3n) is 5.03. The molecule has 1 aliphatic rings. The molecular weight excluding hydrogens is 448 g/mol. The van der Waals surface area contributed by atoms with Crippen LogP contribution in [0.2, 0.25) is 0 Å². The first-order valence-corrected chi connectivity index (χ1v) is 13.0. The van der Waals surface area contributed by atoms with E-state index in [1.807, 2.05) is 26.8 Å². The molecule has 0 bridgehead atoms. The molecular formula is C21H28N6O3S2. The number of imidazole rings is 1. The molecule has 1 aromatic carbocycles. The van der Waals surface area contributed by atoms with Crippen LogP contribution >= 0.6 is 11.8 Å². The maximum absolute atomic E-state index is 12.6. The van der Waals surface area contributed by atoms with E-state index in [0.29, 0.717) is 22.9 Å². The standard InChI is InChI=1S/C21H28N6O3S2/c1-5-13-10-14-6-8-30-15(14)11-16(13)31-20-25-17-18(22)23-12-24-19(17)27(20)7-9-32(28,29)26-21(2,3)4/h10-12,26H,5-9H2,1-4H3,(H2,22,23,24). The molecule has 172 valence electrons. The van der Waals surface area contributed by atoms with E-state index in [0.717, 1.165) is 23.5 Å². The minimum Gasteiger partial charge on any atom is -0.493 e. The van der Waals surface area contributed by atoms with Crippen LogP contribution in [0.25, 0.3) is 11.2 Å². The molecule has 3 heterocycles. The Hall–Kier alpha value is -2.37. The third-order valence-corrected chi connectivity index (χ3v) is 7.76. The van der Waals surface area contributed by atoms with Crippen molar-refractivity contribution in [2.75, 3.05) is 18.1 Å². The number of benzene rings is 1. The summed E-state index contributed by atoms with van der Waals surface area (Å²) in [6.07, 6.45) is 3.14. The molecule has 3 N–H and O–H groups in total. The quantitative estimate of drug-likeness (QED) is 0.533. The predicted octanol–water partition coefficient (Wildman–Crippen LogP) is 2.77. The normalized spacial score (nSPS) is 14.0. The number of anilines is 1. The Morgan fingerprint density at radius 2 is 2.06 bits per heavy atom. The Bertz CT molecular complexity index is 1260. The van der Waals surface area contributed by atoms with Gasteiger partial charge in [-0.25, -0.2) is 28.1 Å². The minimum atomic E-state index is -3.51. The summed E-state index contributed by atoms with van der Waals surface area (Å²) in [4.78, 5) is 14.1. The summed E-state index contributed by atoms with van der Waals surface area (Å²) in [5.74, 6) is 1.05. The van der Waals surface area contributed by atoms with Crippen molar-refractivity contribution in [1.82, 2.24) is 24.2 Å². The average Bonchev–Trinajstić information content (AvgIpc) is 3.28. The van der Waals surface area contributed by atoms with Gasteiger partial charge in [0.25, 0.3) is 0 Å². The monoisotopic (exact) mass is 476 g/mol. The van der Waals surface area contributed by atoms with Gasteiger partial charge in [0.15, 0.2) is 22.1 Å². The van der Waals surface area contributed by atoms with Gasteiger partial charge >= 0.3 is 0 Å². The van der Waals surface area contributed by atoms with E-state index < -0.39 is 15.6 Å². The molecule has 1 aliphatic heterocycles. The van der Waals surface area contributed by atoms with Gasteiger partial charge in [0.05, 0.1) is 12.4 Å². The van der Waals surface area contributed by atoms with Crippen LogP contribution < -0.4 is 15.2 Å². The fourth-order valence-electron chi connectivity index (χ4n) is 3.67. The van der Waals surface area contributed by atoms with Crippen LogP contribution in [-0.2, 0) is 29.4 Å². The van der Waals surface area contributed by atoms with Gasteiger partial charge in [-0.15, -0.1) is 0 Å². The summed E-state index contributed by atoms with van der Waals surface area (Å²) in [5.41, 5.74) is 8.87. The maximum atomic E-state index is 12.6. The summed E-state index contributed by atoms with van der Waals surface area (Å²) < 4.78 is 35.5. The van der Waals surface area contributed by atoms with E-state index in [2.05, 4.69) is 32.7 Å². The smallest absolute Gasteiger partial charge is 0.213 e. The van der Waals surface area contributed by atoms with E-state index in [1.54, 1.807) is 4.57 Å². The molecule has 0 aliphatic carbocycles. The van der Waals surface area contributed by atoms with Crippen LogP contribution in [0.4, 0.5) is 5.82 Å². The molecule has 0 spiro atoms. The number of nitrogen functional groups attached to an aromatic ring is 1. The zero-order valence-corrected chi connectivity index (χ0v) is 20.3. The van der Waals surface area contributed by atoms with Crippen molar-refractivity contribution in [2.45, 2.75) is 62.7 Å². The minimum absolute atomic E-state index is 0.110. The van der Waals surface area contributed by atoms with Crippen molar-refractivity contribution in [3.05, 3.63) is 29.6 Å². The lowest BCUT2D eigenvalue weighted by molar-refractivity contribution is 0.356. The zero-order valence-electron chi connectivity index (χ0n) is 18.7. The number of rotatable bonds is 7. The molecule has 0 amide bonds. The highest BCUT2D eigenvalue weighted by atomic mass is 32.2. The SMILES string of the molecule is CCc1cc2c(cc1Sc1nc3c(N)ncnc3n1CCS(=O)(=O)NC(C)(C)C)OCC2. The van der Waals surface area contributed by atoms with Crippen LogP contribution in [0, 0.1) is 0 Å². The van der Waals surface area contributed by atoms with Gasteiger partial charge in [0, 0.05) is 23.4 Å². The number of aromatic nitrogens is 4. The highest BCUT2D eigenvalue weighted by Crippen LogP contribution is 2.38. The molecule has 32 heavy (non-hydrogen) atoms. The highest BCUT2D eigenvalue weighted by Gasteiger charge is 2.23. The molecule has 0 fully saturated rings. The van der Waals surface area contributed by atoms with Gasteiger partial charge in [0.2, 0.25) is 10.0 Å². The summed E-state index contributed by atoms with van der Waals surface area (Å²) in [5, 5.41) is 0.616. The molecule has 0 unspecified atom stereocenters. The number of hydrogen-bond acceptors (Lipinski definition) is 8. The second-order valence-electron chi connectivity index (χ2n) is 8.77. The number of ether oxygens (including phenoxy) is 1. The third kappa shape index (κ3) is 4.84. The summed E-state index contributed by atoms with van der Waals surface area (Å²) in [6, 6.07) is 4.23. The molecule has 11 heteroatoms. The first-order valence-electron chi connectivity index (χ1n) is 10.5. The lowest BCUT2D eigenvalue weighted by atomic mass is 10.1. The number of aryl methyl sites for hydroxylation is 2. The largest absolute Gasteiger partial charge is 0.493 e. The van der Waals surface area contributed by atoms with Gasteiger partial charge in [-0.05, 0) is 44.4 Å². The number of nitrogens with two attached hydrogens (primary N) is 1. The molecule has 0 radical (unpaired) electrons. The van der Waals surface area contributed by atoms with Crippen molar-refractivity contribution >= 4 is 38.8 Å². The Kier molecular flexibility index (Phi) is 6.08. The zero-order chi connectivity index (χ0) is 23.1. The van der Waals surface area contributed by atoms with Gasteiger partial charge in [-0.1, -0.05) is 24.8 Å². The van der Waals surface area contributed by atoms with Crippen LogP contribution in [-0.4, -0.2) is 45.8 Å². The molecule has 0 atom stereocenters. The average molecular weight is 477 g/mol. The lowest BCUT2D eigenvalue weighted by Gasteiger charge is -2.20. The van der Waals surface area contributed by atoms with Crippen molar-refractivity contribution in [1.29, 1.82) is 0 Å². The van der Waals surface area contributed by atoms with E-state index in [-0.39, 0.29) is 18.1 Å². The molecule has 2 aromatic heterocycles. The number of sulfonamides is 1. The van der Waals surface area contributed by atoms with Crippen molar-refractivity contribution in [3.63, 3.8) is 0 Å². The number of fused-ring (bicyclic) bond motifs is 2. The van der Waals surface area contributed by atoms with Crippen molar-refractivity contribution in [3.8, 4) is 5.75 Å². The molecule has 9 nitrogen and oxygen atoms in total. The Morgan fingerprint density at radius 1 is 1.28 bits per heavy atom. The maximum Gasteiger partial charge on any atom is 0.213 e. The molecule has 0 saturated heterocycles. The van der Waals surface area contributed by atoms with E-state index in [4.69, 9.17) is 10.5 Å². The molecule has 0 saturated carbocycles. The Labute approximate surface area is 192 Å². The van der Waals surface area contributed by atoms with Crippen LogP contribution in [0.3, 0.4) is 0 Å². The van der Waals surface area contributed by atoms with E-state index >= 15 is 0 Å². The van der Waals surface area contributed by atoms with Crippen LogP contribution in [0.1, 0.15) is 38.8 Å². The summed E-state index contributed by atoms with van der Waals surface area (Å²) in [6.45, 7) is 8.43. The Balaban J connectivity index is 1.72. The van der Waals surface area contributed by atoms with Gasteiger partial charge in [-0.3, -0.25) is 0 Å². The summed E-state index contributed by atoms with van der Waals surface area (Å²) in [7, 11) is -3.51. The van der Waals surface area contributed by atoms with Crippen molar-refractivity contribution < 1.29 is 13.2 Å². The van der Waals surface area contributed by atoms with E-state index in [9.17, 15) is 8.42 Å². The molecule has 3 aromatic rings. The number of nitrogens with zero attached hydrogens (tertiary/aromatic N) is 4. The first-order chi connectivity index (χ1) is 15.1. The highest BCUT2D eigenvalue weighted by molar-refractivity contribution is 7.99. The second-order valence-corrected chi connectivity index (χ2v) is 11.6. The first kappa shape index (κ1) is 22.8. The Morgan fingerprint density at radius 3 is 2.78 bits per heavy atom. The fourth-order valence-corrected chi connectivity index (χ4v) is 6.25. The van der Waals surface area contributed by atoms with Crippen LogP contribution in [0.5, 0.6) is 5.75 Å². The van der Waals surface area contributed by atoms with E-state index in [1.165, 1.54) is 29.2 Å². The van der Waals surface area contributed by atoms with Gasteiger partial charge in [0.1, 0.15) is 12.1 Å². The fraction of sp³-hybridized carbons (Fsp3) is 0.476. The van der Waals surface area contributed by atoms with Crippen molar-refractivity contribution in [2.24, 2.45) is 0 Å². The number of nitrogens with one attached hydrogen (secondary N) is 1. The predicted molar refractivity (Wildman–Crippen MR) is 126 cm³/mol. The van der Waals surface area contributed by atoms with Gasteiger partial charge < -0.3 is 15.0 Å². The topological polar surface area (TPSA) is 125 Å². The second kappa shape index (κ2) is 8.53. The number of hydrogen-bond donors (Lipinski definition) is 2.